The van der Waals surface area contributed by atoms with E-state index in [1.807, 2.05) is 4.90 Å². The van der Waals surface area contributed by atoms with E-state index >= 15 is 0 Å². The van der Waals surface area contributed by atoms with Crippen molar-refractivity contribution in [1.82, 2.24) is 14.9 Å². The highest BCUT2D eigenvalue weighted by Gasteiger charge is 2.43. The normalized spacial score (nSPS) is 26.6. The third-order valence-electron chi connectivity index (χ3n) is 5.59. The Bertz CT molecular complexity index is 706. The predicted octanol–water partition coefficient (Wildman–Crippen LogP) is 2.57. The van der Waals surface area contributed by atoms with Gasteiger partial charge in [-0.05, 0) is 45.4 Å². The molecule has 0 spiro atoms. The van der Waals surface area contributed by atoms with Crippen LogP contribution in [0.2, 0.25) is 0 Å². The molecule has 0 saturated carbocycles. The van der Waals surface area contributed by atoms with Gasteiger partial charge in [0, 0.05) is 30.4 Å². The molecular weight excluding hydrogens is 333 g/mol. The summed E-state index contributed by atoms with van der Waals surface area (Å²) in [6.07, 6.45) is -0.196. The molecule has 1 aromatic heterocycles. The third-order valence-corrected chi connectivity index (χ3v) is 5.59. The van der Waals surface area contributed by atoms with Gasteiger partial charge in [-0.3, -0.25) is 4.79 Å². The molecule has 1 aliphatic carbocycles. The fourth-order valence-corrected chi connectivity index (χ4v) is 4.27. The summed E-state index contributed by atoms with van der Waals surface area (Å²) in [5.41, 5.74) is -0.0845. The highest BCUT2D eigenvalue weighted by atomic mass is 19.4. The molecule has 1 aromatic rings. The van der Waals surface area contributed by atoms with Crippen molar-refractivity contribution < 1.29 is 18.0 Å². The number of piperazine rings is 1. The number of amides is 1. The summed E-state index contributed by atoms with van der Waals surface area (Å²) < 4.78 is 40.6. The Kier molecular flexibility index (Phi) is 3.88. The van der Waals surface area contributed by atoms with Gasteiger partial charge < -0.3 is 9.80 Å². The van der Waals surface area contributed by atoms with Crippen molar-refractivity contribution >= 4 is 11.9 Å². The van der Waals surface area contributed by atoms with Crippen molar-refractivity contribution in [3.8, 4) is 0 Å². The highest BCUT2D eigenvalue weighted by Crippen LogP contribution is 2.37. The van der Waals surface area contributed by atoms with Gasteiger partial charge in [0.15, 0.2) is 5.69 Å². The van der Waals surface area contributed by atoms with Crippen LogP contribution in [0.4, 0.5) is 19.1 Å². The lowest BCUT2D eigenvalue weighted by Gasteiger charge is -2.41. The molecule has 0 unspecified atom stereocenters. The number of anilines is 1. The summed E-state index contributed by atoms with van der Waals surface area (Å²) in [4.78, 5) is 24.4. The fraction of sp³-hybridized carbons (Fsp3) is 0.706. The number of aromatic nitrogens is 2. The summed E-state index contributed by atoms with van der Waals surface area (Å²) in [7, 11) is 0. The standard InChI is InChI=1S/C17H21F3N4O/c1-10-15(25)23-8-4-5-11(23)9-24(10)16-21-13-7-3-2-6-12(13)14(22-16)17(18,19)20/h10-11H,2-9H2,1H3/t10-,11+/m1/s1. The number of halogens is 3. The maximum absolute atomic E-state index is 13.5. The lowest BCUT2D eigenvalue weighted by atomic mass is 9.94. The van der Waals surface area contributed by atoms with Crippen molar-refractivity contribution in [2.45, 2.75) is 63.7 Å². The van der Waals surface area contributed by atoms with Gasteiger partial charge in [0.1, 0.15) is 6.04 Å². The lowest BCUT2D eigenvalue weighted by Crippen LogP contribution is -2.59. The van der Waals surface area contributed by atoms with Crippen LogP contribution in [0.25, 0.3) is 0 Å². The molecule has 136 valence electrons. The summed E-state index contributed by atoms with van der Waals surface area (Å²) in [5.74, 6) is 0.0176. The molecule has 8 heteroatoms. The Balaban J connectivity index is 1.76. The molecule has 3 aliphatic rings. The smallest absolute Gasteiger partial charge is 0.336 e. The molecular formula is C17H21F3N4O. The van der Waals surface area contributed by atoms with Crippen LogP contribution in [0.5, 0.6) is 0 Å². The van der Waals surface area contributed by atoms with Crippen LogP contribution in [-0.4, -0.2) is 45.9 Å². The lowest BCUT2D eigenvalue weighted by molar-refractivity contribution is -0.142. The zero-order valence-electron chi connectivity index (χ0n) is 14.1. The van der Waals surface area contributed by atoms with Crippen molar-refractivity contribution in [2.24, 2.45) is 0 Å². The van der Waals surface area contributed by atoms with Gasteiger partial charge >= 0.3 is 6.18 Å². The second-order valence-electron chi connectivity index (χ2n) is 7.16. The Labute approximate surface area is 144 Å². The van der Waals surface area contributed by atoms with Crippen molar-refractivity contribution in [3.63, 3.8) is 0 Å². The molecule has 0 N–H and O–H groups in total. The minimum atomic E-state index is -4.50. The summed E-state index contributed by atoms with van der Waals surface area (Å²) in [6, 6.07) is -0.477. The number of nitrogens with zero attached hydrogens (tertiary/aromatic N) is 4. The van der Waals surface area contributed by atoms with Crippen molar-refractivity contribution in [3.05, 3.63) is 17.0 Å². The Morgan fingerprint density at radius 1 is 1.08 bits per heavy atom. The zero-order chi connectivity index (χ0) is 17.8. The fourth-order valence-electron chi connectivity index (χ4n) is 4.27. The van der Waals surface area contributed by atoms with E-state index in [2.05, 4.69) is 9.97 Å². The van der Waals surface area contributed by atoms with E-state index in [4.69, 9.17) is 0 Å². The largest absolute Gasteiger partial charge is 0.433 e. The number of carbonyl (C=O) groups is 1. The second-order valence-corrected chi connectivity index (χ2v) is 7.16. The quantitative estimate of drug-likeness (QED) is 0.778. The number of alkyl halides is 3. The topological polar surface area (TPSA) is 49.3 Å². The van der Waals surface area contributed by atoms with E-state index in [-0.39, 0.29) is 23.5 Å². The first-order valence-corrected chi connectivity index (χ1v) is 8.90. The van der Waals surface area contributed by atoms with Gasteiger partial charge in [0.25, 0.3) is 0 Å². The number of fused-ring (bicyclic) bond motifs is 2. The molecule has 2 saturated heterocycles. The first-order chi connectivity index (χ1) is 11.9. The van der Waals surface area contributed by atoms with Crippen molar-refractivity contribution in [2.75, 3.05) is 18.0 Å². The first kappa shape index (κ1) is 16.6. The van der Waals surface area contributed by atoms with Gasteiger partial charge in [-0.25, -0.2) is 9.97 Å². The number of aryl methyl sites for hydroxylation is 1. The zero-order valence-corrected chi connectivity index (χ0v) is 14.1. The van der Waals surface area contributed by atoms with E-state index in [0.717, 1.165) is 32.2 Å². The second kappa shape index (κ2) is 5.85. The first-order valence-electron chi connectivity index (χ1n) is 8.90. The molecule has 0 radical (unpaired) electrons. The minimum absolute atomic E-state index is 0.0383. The predicted molar refractivity (Wildman–Crippen MR) is 85.2 cm³/mol. The van der Waals surface area contributed by atoms with Gasteiger partial charge in [-0.15, -0.1) is 0 Å². The summed E-state index contributed by atoms with van der Waals surface area (Å²) >= 11 is 0. The maximum atomic E-state index is 13.5. The molecule has 5 nitrogen and oxygen atoms in total. The Hall–Kier alpha value is -1.86. The third kappa shape index (κ3) is 2.75. The summed E-state index contributed by atoms with van der Waals surface area (Å²) in [6.45, 7) is 2.97. The number of carbonyl (C=O) groups excluding carboxylic acids is 1. The van der Waals surface area contributed by atoms with Crippen LogP contribution in [0.3, 0.4) is 0 Å². The molecule has 3 heterocycles. The maximum Gasteiger partial charge on any atom is 0.433 e. The monoisotopic (exact) mass is 354 g/mol. The molecule has 1 amide bonds. The van der Waals surface area contributed by atoms with Gasteiger partial charge in [-0.1, -0.05) is 0 Å². The van der Waals surface area contributed by atoms with Crippen LogP contribution in [0, 0.1) is 0 Å². The molecule has 25 heavy (non-hydrogen) atoms. The van der Waals surface area contributed by atoms with Gasteiger partial charge in [-0.2, -0.15) is 13.2 Å². The van der Waals surface area contributed by atoms with E-state index in [0.29, 0.717) is 25.1 Å². The van der Waals surface area contributed by atoms with Crippen LogP contribution >= 0.6 is 0 Å². The minimum Gasteiger partial charge on any atom is -0.336 e. The van der Waals surface area contributed by atoms with Crippen LogP contribution in [-0.2, 0) is 23.8 Å². The average Bonchev–Trinajstić information content (AvgIpc) is 3.05. The van der Waals surface area contributed by atoms with E-state index < -0.39 is 17.9 Å². The van der Waals surface area contributed by atoms with Crippen LogP contribution in [0.1, 0.15) is 49.6 Å². The number of rotatable bonds is 1. The molecule has 0 aromatic carbocycles. The van der Waals surface area contributed by atoms with Crippen LogP contribution in [0.15, 0.2) is 0 Å². The van der Waals surface area contributed by atoms with Crippen LogP contribution < -0.4 is 4.90 Å². The SMILES string of the molecule is C[C@@H]1C(=O)N2CCC[C@H]2CN1c1nc2c(c(C(F)(F)F)n1)CCCC2. The molecule has 2 aliphatic heterocycles. The van der Waals surface area contributed by atoms with E-state index in [1.54, 1.807) is 11.8 Å². The van der Waals surface area contributed by atoms with E-state index in [1.165, 1.54) is 0 Å². The molecule has 2 atom stereocenters. The van der Waals surface area contributed by atoms with Gasteiger partial charge in [0.2, 0.25) is 11.9 Å². The Morgan fingerprint density at radius 2 is 1.84 bits per heavy atom. The molecule has 2 fully saturated rings. The van der Waals surface area contributed by atoms with Gasteiger partial charge in [0.05, 0.1) is 0 Å². The highest BCUT2D eigenvalue weighted by molar-refractivity contribution is 5.86. The summed E-state index contributed by atoms with van der Waals surface area (Å²) in [5, 5.41) is 0. The van der Waals surface area contributed by atoms with Crippen molar-refractivity contribution in [1.29, 1.82) is 0 Å². The van der Waals surface area contributed by atoms with E-state index in [9.17, 15) is 18.0 Å². The average molecular weight is 354 g/mol. The molecule has 0 bridgehead atoms. The number of hydrogen-bond donors (Lipinski definition) is 0. The molecule has 4 rings (SSSR count). The Morgan fingerprint density at radius 3 is 2.60 bits per heavy atom. The number of hydrogen-bond acceptors (Lipinski definition) is 4.